The van der Waals surface area contributed by atoms with Crippen molar-refractivity contribution in [1.29, 1.82) is 0 Å². The van der Waals surface area contributed by atoms with Crippen LogP contribution in [0.25, 0.3) is 0 Å². The zero-order chi connectivity index (χ0) is 15.2. The molecular weight excluding hydrogens is 271 g/mol. The van der Waals surface area contributed by atoms with E-state index >= 15 is 0 Å². The second kappa shape index (κ2) is 7.09. The predicted molar refractivity (Wildman–Crippen MR) is 79.3 cm³/mol. The van der Waals surface area contributed by atoms with Gasteiger partial charge in [-0.1, -0.05) is 25.1 Å². The van der Waals surface area contributed by atoms with Crippen LogP contribution in [-0.2, 0) is 0 Å². The molecule has 0 aromatic heterocycles. The van der Waals surface area contributed by atoms with Crippen molar-refractivity contribution in [3.05, 3.63) is 53.8 Å². The highest BCUT2D eigenvalue weighted by molar-refractivity contribution is 5.43. The topological polar surface area (TPSA) is 38.7 Å². The van der Waals surface area contributed by atoms with Crippen LogP contribution in [0.3, 0.4) is 0 Å². The Morgan fingerprint density at radius 1 is 1.10 bits per heavy atom. The molecule has 0 unspecified atom stereocenters. The van der Waals surface area contributed by atoms with Crippen LogP contribution in [0, 0.1) is 5.82 Å². The number of ether oxygens (including phenoxy) is 2. The lowest BCUT2D eigenvalue weighted by Gasteiger charge is -2.13. The minimum absolute atomic E-state index is 0.104. The summed E-state index contributed by atoms with van der Waals surface area (Å²) in [7, 11) is 0. The van der Waals surface area contributed by atoms with Crippen molar-refractivity contribution in [3.63, 3.8) is 0 Å². The van der Waals surface area contributed by atoms with Crippen LogP contribution >= 0.6 is 0 Å². The van der Waals surface area contributed by atoms with E-state index in [1.54, 1.807) is 31.2 Å². The summed E-state index contributed by atoms with van der Waals surface area (Å²) in [4.78, 5) is 0. The maximum absolute atomic E-state index is 14.0. The van der Waals surface area contributed by atoms with E-state index in [-0.39, 0.29) is 5.75 Å². The van der Waals surface area contributed by atoms with Gasteiger partial charge < -0.3 is 14.6 Å². The molecule has 0 spiro atoms. The highest BCUT2D eigenvalue weighted by Gasteiger charge is 2.11. The molecule has 0 saturated carbocycles. The standard InChI is InChI=1S/C17H19FO3/c1-3-10-20-16-6-4-5-7-17(16)21-15-9-8-13(12(2)19)11-14(15)18/h4-9,11-12,19H,3,10H2,1-2H3/t12-/m0/s1. The first kappa shape index (κ1) is 15.3. The minimum atomic E-state index is -0.714. The molecule has 0 amide bonds. The van der Waals surface area contributed by atoms with Crippen molar-refractivity contribution in [3.8, 4) is 17.2 Å². The summed E-state index contributed by atoms with van der Waals surface area (Å²) in [5, 5.41) is 9.44. The molecule has 0 saturated heterocycles. The number of hydrogen-bond acceptors (Lipinski definition) is 3. The molecule has 0 aliphatic heterocycles. The van der Waals surface area contributed by atoms with Crippen LogP contribution in [0.5, 0.6) is 17.2 Å². The average molecular weight is 290 g/mol. The van der Waals surface area contributed by atoms with Gasteiger partial charge in [0.05, 0.1) is 12.7 Å². The molecule has 0 fully saturated rings. The smallest absolute Gasteiger partial charge is 0.169 e. The second-order valence-corrected chi connectivity index (χ2v) is 4.76. The molecule has 1 atom stereocenters. The van der Waals surface area contributed by atoms with E-state index in [9.17, 15) is 9.50 Å². The molecule has 3 nitrogen and oxygen atoms in total. The predicted octanol–water partition coefficient (Wildman–Crippen LogP) is 4.46. The van der Waals surface area contributed by atoms with Gasteiger partial charge in [-0.05, 0) is 43.2 Å². The van der Waals surface area contributed by atoms with Crippen molar-refractivity contribution < 1.29 is 19.0 Å². The fourth-order valence-electron chi connectivity index (χ4n) is 1.84. The van der Waals surface area contributed by atoms with Gasteiger partial charge in [0.25, 0.3) is 0 Å². The summed E-state index contributed by atoms with van der Waals surface area (Å²) in [6.45, 7) is 4.17. The first-order chi connectivity index (χ1) is 10.1. The Morgan fingerprint density at radius 3 is 2.43 bits per heavy atom. The number of aliphatic hydroxyl groups is 1. The molecule has 21 heavy (non-hydrogen) atoms. The number of hydrogen-bond donors (Lipinski definition) is 1. The summed E-state index contributed by atoms with van der Waals surface area (Å²) < 4.78 is 25.2. The lowest BCUT2D eigenvalue weighted by atomic mass is 10.1. The average Bonchev–Trinajstić information content (AvgIpc) is 2.48. The van der Waals surface area contributed by atoms with E-state index in [1.165, 1.54) is 12.1 Å². The maximum Gasteiger partial charge on any atom is 0.169 e. The van der Waals surface area contributed by atoms with Crippen LogP contribution in [0.1, 0.15) is 31.9 Å². The quantitative estimate of drug-likeness (QED) is 0.853. The Hall–Kier alpha value is -2.07. The molecule has 2 aromatic carbocycles. The third-order valence-electron chi connectivity index (χ3n) is 2.97. The normalized spacial score (nSPS) is 12.0. The zero-order valence-corrected chi connectivity index (χ0v) is 12.2. The molecule has 2 aromatic rings. The number of rotatable bonds is 6. The molecule has 4 heteroatoms. The third-order valence-corrected chi connectivity index (χ3v) is 2.97. The van der Waals surface area contributed by atoms with Crippen molar-refractivity contribution in [2.24, 2.45) is 0 Å². The van der Waals surface area contributed by atoms with Gasteiger partial charge in [-0.15, -0.1) is 0 Å². The van der Waals surface area contributed by atoms with E-state index in [2.05, 4.69) is 0 Å². The molecule has 0 aliphatic carbocycles. The highest BCUT2D eigenvalue weighted by Crippen LogP contribution is 2.33. The van der Waals surface area contributed by atoms with E-state index < -0.39 is 11.9 Å². The fraction of sp³-hybridized carbons (Fsp3) is 0.294. The molecule has 1 N–H and O–H groups in total. The van der Waals surface area contributed by atoms with E-state index in [1.807, 2.05) is 13.0 Å². The lowest BCUT2D eigenvalue weighted by molar-refractivity contribution is 0.198. The monoisotopic (exact) mass is 290 g/mol. The number of halogens is 1. The number of aliphatic hydroxyl groups excluding tert-OH is 1. The van der Waals surface area contributed by atoms with E-state index in [0.717, 1.165) is 6.42 Å². The Bertz CT molecular complexity index is 596. The van der Waals surface area contributed by atoms with Crippen molar-refractivity contribution >= 4 is 0 Å². The van der Waals surface area contributed by atoms with Gasteiger partial charge in [0.1, 0.15) is 0 Å². The van der Waals surface area contributed by atoms with Gasteiger partial charge in [-0.3, -0.25) is 0 Å². The molecule has 112 valence electrons. The summed E-state index contributed by atoms with van der Waals surface area (Å²) in [5.41, 5.74) is 0.510. The molecule has 2 rings (SSSR count). The van der Waals surface area contributed by atoms with Gasteiger partial charge in [0.2, 0.25) is 0 Å². The van der Waals surface area contributed by atoms with E-state index in [0.29, 0.717) is 23.7 Å². The van der Waals surface area contributed by atoms with Gasteiger partial charge >= 0.3 is 0 Å². The SMILES string of the molecule is CCCOc1ccccc1Oc1ccc([C@H](C)O)cc1F. The van der Waals surface area contributed by atoms with Gasteiger partial charge in [-0.2, -0.15) is 0 Å². The van der Waals surface area contributed by atoms with Crippen molar-refractivity contribution in [2.75, 3.05) is 6.61 Å². The summed E-state index contributed by atoms with van der Waals surface area (Å²) >= 11 is 0. The van der Waals surface area contributed by atoms with Crippen LogP contribution in [0.4, 0.5) is 4.39 Å². The molecule has 0 heterocycles. The minimum Gasteiger partial charge on any atom is -0.490 e. The first-order valence-corrected chi connectivity index (χ1v) is 6.99. The van der Waals surface area contributed by atoms with Crippen molar-refractivity contribution in [1.82, 2.24) is 0 Å². The lowest BCUT2D eigenvalue weighted by Crippen LogP contribution is -1.98. The Morgan fingerprint density at radius 2 is 1.81 bits per heavy atom. The Kier molecular flexibility index (Phi) is 5.17. The maximum atomic E-state index is 14.0. The second-order valence-electron chi connectivity index (χ2n) is 4.76. The van der Waals surface area contributed by atoms with Crippen LogP contribution < -0.4 is 9.47 Å². The third kappa shape index (κ3) is 3.95. The van der Waals surface area contributed by atoms with Gasteiger partial charge in [0, 0.05) is 0 Å². The number of para-hydroxylation sites is 2. The Labute approximate surface area is 124 Å². The summed E-state index contributed by atoms with van der Waals surface area (Å²) in [6.07, 6.45) is 0.167. The van der Waals surface area contributed by atoms with Crippen LogP contribution in [-0.4, -0.2) is 11.7 Å². The van der Waals surface area contributed by atoms with Crippen LogP contribution in [0.2, 0.25) is 0 Å². The molecule has 0 bridgehead atoms. The largest absolute Gasteiger partial charge is 0.490 e. The molecule has 0 radical (unpaired) electrons. The molecular formula is C17H19FO3. The first-order valence-electron chi connectivity index (χ1n) is 6.99. The highest BCUT2D eigenvalue weighted by atomic mass is 19.1. The Balaban J connectivity index is 2.22. The summed E-state index contributed by atoms with van der Waals surface area (Å²) in [5.74, 6) is 0.638. The van der Waals surface area contributed by atoms with Crippen molar-refractivity contribution in [2.45, 2.75) is 26.4 Å². The fourth-order valence-corrected chi connectivity index (χ4v) is 1.84. The van der Waals surface area contributed by atoms with Crippen LogP contribution in [0.15, 0.2) is 42.5 Å². The van der Waals surface area contributed by atoms with Gasteiger partial charge in [0.15, 0.2) is 23.1 Å². The van der Waals surface area contributed by atoms with Gasteiger partial charge in [-0.25, -0.2) is 4.39 Å². The zero-order valence-electron chi connectivity index (χ0n) is 12.2. The van der Waals surface area contributed by atoms with E-state index in [4.69, 9.17) is 9.47 Å². The summed E-state index contributed by atoms with van der Waals surface area (Å²) in [6, 6.07) is 11.6. The number of benzene rings is 2. The molecule has 0 aliphatic rings.